The summed E-state index contributed by atoms with van der Waals surface area (Å²) in [4.78, 5) is 21.8. The lowest BCUT2D eigenvalue weighted by molar-refractivity contribution is -0.122. The SMILES string of the molecule is CCC(=O)NC[C@H](NC(C)=O)C(C)C. The van der Waals surface area contributed by atoms with E-state index in [2.05, 4.69) is 10.6 Å². The van der Waals surface area contributed by atoms with Crippen LogP contribution in [0.5, 0.6) is 0 Å². The number of hydrogen-bond donors (Lipinski definition) is 2. The van der Waals surface area contributed by atoms with Crippen LogP contribution < -0.4 is 10.6 Å². The van der Waals surface area contributed by atoms with Gasteiger partial charge in [0.2, 0.25) is 11.8 Å². The molecule has 0 bridgehead atoms. The van der Waals surface area contributed by atoms with E-state index < -0.39 is 0 Å². The highest BCUT2D eigenvalue weighted by molar-refractivity contribution is 5.76. The van der Waals surface area contributed by atoms with E-state index >= 15 is 0 Å². The molecule has 0 aliphatic carbocycles. The molecule has 0 spiro atoms. The van der Waals surface area contributed by atoms with Gasteiger partial charge in [-0.25, -0.2) is 0 Å². The summed E-state index contributed by atoms with van der Waals surface area (Å²) < 4.78 is 0. The molecule has 82 valence electrons. The fourth-order valence-corrected chi connectivity index (χ4v) is 1.06. The van der Waals surface area contributed by atoms with Gasteiger partial charge in [0.15, 0.2) is 0 Å². The largest absolute Gasteiger partial charge is 0.354 e. The molecule has 4 heteroatoms. The molecule has 2 N–H and O–H groups in total. The van der Waals surface area contributed by atoms with Crippen LogP contribution in [-0.2, 0) is 9.59 Å². The van der Waals surface area contributed by atoms with Gasteiger partial charge in [-0.2, -0.15) is 0 Å². The Labute approximate surface area is 85.4 Å². The third-order valence-electron chi connectivity index (χ3n) is 2.03. The average molecular weight is 200 g/mol. The summed E-state index contributed by atoms with van der Waals surface area (Å²) in [5.74, 6) is 0.270. The van der Waals surface area contributed by atoms with Crippen LogP contribution in [0.25, 0.3) is 0 Å². The van der Waals surface area contributed by atoms with Gasteiger partial charge >= 0.3 is 0 Å². The molecule has 0 saturated heterocycles. The zero-order valence-electron chi connectivity index (χ0n) is 9.39. The Kier molecular flexibility index (Phi) is 5.92. The fraction of sp³-hybridized carbons (Fsp3) is 0.800. The van der Waals surface area contributed by atoms with E-state index in [1.165, 1.54) is 6.92 Å². The van der Waals surface area contributed by atoms with Crippen molar-refractivity contribution in [3.8, 4) is 0 Å². The first-order valence-electron chi connectivity index (χ1n) is 5.01. The van der Waals surface area contributed by atoms with Crippen molar-refractivity contribution in [2.45, 2.75) is 40.2 Å². The minimum Gasteiger partial charge on any atom is -0.354 e. The van der Waals surface area contributed by atoms with Crippen molar-refractivity contribution in [2.75, 3.05) is 6.54 Å². The topological polar surface area (TPSA) is 58.2 Å². The first kappa shape index (κ1) is 12.9. The van der Waals surface area contributed by atoms with Gasteiger partial charge in [-0.15, -0.1) is 0 Å². The van der Waals surface area contributed by atoms with E-state index in [1.54, 1.807) is 6.92 Å². The molecule has 0 aromatic heterocycles. The zero-order chi connectivity index (χ0) is 11.1. The van der Waals surface area contributed by atoms with Gasteiger partial charge in [0, 0.05) is 25.9 Å². The summed E-state index contributed by atoms with van der Waals surface area (Å²) in [6.07, 6.45) is 0.477. The highest BCUT2D eigenvalue weighted by Crippen LogP contribution is 2.00. The quantitative estimate of drug-likeness (QED) is 0.685. The van der Waals surface area contributed by atoms with E-state index in [4.69, 9.17) is 0 Å². The van der Waals surface area contributed by atoms with Crippen molar-refractivity contribution >= 4 is 11.8 Å². The van der Waals surface area contributed by atoms with Gasteiger partial charge in [-0.3, -0.25) is 9.59 Å². The second-order valence-corrected chi connectivity index (χ2v) is 3.71. The van der Waals surface area contributed by atoms with Crippen molar-refractivity contribution in [2.24, 2.45) is 5.92 Å². The normalized spacial score (nSPS) is 12.4. The fourth-order valence-electron chi connectivity index (χ4n) is 1.06. The number of hydrogen-bond acceptors (Lipinski definition) is 2. The van der Waals surface area contributed by atoms with Crippen LogP contribution in [0.4, 0.5) is 0 Å². The Hall–Kier alpha value is -1.06. The van der Waals surface area contributed by atoms with Crippen LogP contribution in [0.3, 0.4) is 0 Å². The van der Waals surface area contributed by atoms with Crippen molar-refractivity contribution in [3.05, 3.63) is 0 Å². The van der Waals surface area contributed by atoms with E-state index in [-0.39, 0.29) is 17.9 Å². The molecule has 0 heterocycles. The molecule has 0 aliphatic rings. The second kappa shape index (κ2) is 6.40. The molecule has 1 atom stereocenters. The van der Waals surface area contributed by atoms with Gasteiger partial charge in [0.05, 0.1) is 0 Å². The number of amides is 2. The van der Waals surface area contributed by atoms with Crippen LogP contribution in [0, 0.1) is 5.92 Å². The van der Waals surface area contributed by atoms with Gasteiger partial charge in [0.1, 0.15) is 0 Å². The van der Waals surface area contributed by atoms with Gasteiger partial charge in [0.25, 0.3) is 0 Å². The number of carbonyl (C=O) groups is 2. The first-order chi connectivity index (χ1) is 6.47. The van der Waals surface area contributed by atoms with Crippen molar-refractivity contribution < 1.29 is 9.59 Å². The van der Waals surface area contributed by atoms with E-state index in [0.29, 0.717) is 18.9 Å². The number of carbonyl (C=O) groups excluding carboxylic acids is 2. The minimum absolute atomic E-state index is 0.0148. The van der Waals surface area contributed by atoms with Gasteiger partial charge < -0.3 is 10.6 Å². The van der Waals surface area contributed by atoms with Crippen LogP contribution in [0.2, 0.25) is 0 Å². The molecule has 14 heavy (non-hydrogen) atoms. The maximum atomic E-state index is 11.0. The Balaban J connectivity index is 3.97. The third kappa shape index (κ3) is 5.56. The van der Waals surface area contributed by atoms with Crippen LogP contribution in [0.15, 0.2) is 0 Å². The Bertz CT molecular complexity index is 202. The van der Waals surface area contributed by atoms with Crippen LogP contribution >= 0.6 is 0 Å². The Morgan fingerprint density at radius 1 is 1.29 bits per heavy atom. The van der Waals surface area contributed by atoms with Gasteiger partial charge in [-0.1, -0.05) is 20.8 Å². The monoisotopic (exact) mass is 200 g/mol. The lowest BCUT2D eigenvalue weighted by Gasteiger charge is -2.21. The van der Waals surface area contributed by atoms with Crippen molar-refractivity contribution in [3.63, 3.8) is 0 Å². The molecule has 0 aromatic carbocycles. The maximum absolute atomic E-state index is 11.0. The summed E-state index contributed by atoms with van der Waals surface area (Å²) in [5.41, 5.74) is 0. The van der Waals surface area contributed by atoms with Crippen molar-refractivity contribution in [1.29, 1.82) is 0 Å². The summed E-state index contributed by atoms with van der Waals surface area (Å²) in [7, 11) is 0. The second-order valence-electron chi connectivity index (χ2n) is 3.71. The van der Waals surface area contributed by atoms with Crippen molar-refractivity contribution in [1.82, 2.24) is 10.6 Å². The molecule has 0 aromatic rings. The first-order valence-corrected chi connectivity index (χ1v) is 5.01. The Morgan fingerprint density at radius 3 is 2.21 bits per heavy atom. The molecule has 2 amide bonds. The molecule has 0 aliphatic heterocycles. The lowest BCUT2D eigenvalue weighted by Crippen LogP contribution is -2.45. The predicted molar refractivity (Wildman–Crippen MR) is 55.7 cm³/mol. The van der Waals surface area contributed by atoms with Crippen LogP contribution in [-0.4, -0.2) is 24.4 Å². The average Bonchev–Trinajstić information content (AvgIpc) is 2.10. The van der Waals surface area contributed by atoms with E-state index in [0.717, 1.165) is 0 Å². The molecule has 0 unspecified atom stereocenters. The predicted octanol–water partition coefficient (Wildman–Crippen LogP) is 0.673. The molecular weight excluding hydrogens is 180 g/mol. The lowest BCUT2D eigenvalue weighted by atomic mass is 10.0. The van der Waals surface area contributed by atoms with E-state index in [1.807, 2.05) is 13.8 Å². The summed E-state index contributed by atoms with van der Waals surface area (Å²) in [5, 5.41) is 5.57. The number of rotatable bonds is 5. The smallest absolute Gasteiger partial charge is 0.219 e. The highest BCUT2D eigenvalue weighted by Gasteiger charge is 2.14. The maximum Gasteiger partial charge on any atom is 0.219 e. The highest BCUT2D eigenvalue weighted by atomic mass is 16.2. The standard InChI is InChI=1S/C10H20N2O2/c1-5-10(14)11-6-9(7(2)3)12-8(4)13/h7,9H,5-6H2,1-4H3,(H,11,14)(H,12,13)/t9-/m0/s1. The molecule has 0 rings (SSSR count). The minimum atomic E-state index is -0.0607. The van der Waals surface area contributed by atoms with Gasteiger partial charge in [-0.05, 0) is 5.92 Å². The molecule has 0 fully saturated rings. The summed E-state index contributed by atoms with van der Waals surface area (Å²) in [6.45, 7) is 7.82. The third-order valence-corrected chi connectivity index (χ3v) is 2.03. The molecule has 4 nitrogen and oxygen atoms in total. The van der Waals surface area contributed by atoms with E-state index in [9.17, 15) is 9.59 Å². The Morgan fingerprint density at radius 2 is 1.86 bits per heavy atom. The summed E-state index contributed by atoms with van der Waals surface area (Å²) in [6, 6.07) is 0.0167. The zero-order valence-corrected chi connectivity index (χ0v) is 9.39. The molecule has 0 saturated carbocycles. The summed E-state index contributed by atoms with van der Waals surface area (Å²) >= 11 is 0. The van der Waals surface area contributed by atoms with Crippen LogP contribution in [0.1, 0.15) is 34.1 Å². The number of nitrogens with one attached hydrogen (secondary N) is 2. The molecular formula is C10H20N2O2. The molecule has 0 radical (unpaired) electrons.